The van der Waals surface area contributed by atoms with Gasteiger partial charge in [-0.05, 0) is 29.0 Å². The molecule has 0 fully saturated rings. The third kappa shape index (κ3) is 4.50. The highest BCUT2D eigenvalue weighted by atomic mass is 15.0. The third-order valence-electron chi connectivity index (χ3n) is 6.90. The number of pyridine rings is 2. The number of fused-ring (bicyclic) bond motifs is 1. The van der Waals surface area contributed by atoms with Gasteiger partial charge in [0.05, 0.1) is 5.69 Å². The average molecular weight is 514 g/mol. The van der Waals surface area contributed by atoms with E-state index < -0.39 is 0 Å². The van der Waals surface area contributed by atoms with Crippen molar-refractivity contribution in [1.82, 2.24) is 24.9 Å². The number of aromatic nitrogens is 5. The van der Waals surface area contributed by atoms with E-state index in [1.54, 1.807) is 6.20 Å². The van der Waals surface area contributed by atoms with E-state index in [1.165, 1.54) is 0 Å². The molecule has 5 heteroatoms. The number of benzene rings is 4. The fourth-order valence-corrected chi connectivity index (χ4v) is 4.90. The number of rotatable bonds is 5. The van der Waals surface area contributed by atoms with Crippen LogP contribution in [0.15, 0.2) is 140 Å². The molecular weight excluding hydrogens is 490 g/mol. The Hall–Kier alpha value is -5.55. The summed E-state index contributed by atoms with van der Waals surface area (Å²) in [6.07, 6.45) is 5.53. The molecule has 0 aliphatic heterocycles. The lowest BCUT2D eigenvalue weighted by atomic mass is 9.96. The van der Waals surface area contributed by atoms with E-state index in [9.17, 15) is 0 Å². The summed E-state index contributed by atoms with van der Waals surface area (Å²) in [4.78, 5) is 23.8. The van der Waals surface area contributed by atoms with Crippen molar-refractivity contribution in [2.75, 3.05) is 0 Å². The van der Waals surface area contributed by atoms with Crippen LogP contribution in [0.3, 0.4) is 0 Å². The molecule has 7 aromatic rings. The predicted molar refractivity (Wildman–Crippen MR) is 160 cm³/mol. The Morgan fingerprint density at radius 1 is 0.375 bits per heavy atom. The van der Waals surface area contributed by atoms with E-state index in [4.69, 9.17) is 19.9 Å². The molecule has 3 heterocycles. The van der Waals surface area contributed by atoms with Crippen molar-refractivity contribution in [3.8, 4) is 56.5 Å². The zero-order valence-corrected chi connectivity index (χ0v) is 21.5. The largest absolute Gasteiger partial charge is 0.264 e. The topological polar surface area (TPSA) is 64.5 Å². The van der Waals surface area contributed by atoms with Crippen molar-refractivity contribution < 1.29 is 0 Å². The van der Waals surface area contributed by atoms with Crippen LogP contribution in [-0.4, -0.2) is 24.9 Å². The molecule has 0 saturated heterocycles. The Labute approximate surface area is 231 Å². The molecule has 0 saturated carbocycles. The molecule has 0 N–H and O–H groups in total. The van der Waals surface area contributed by atoms with Crippen LogP contribution in [0.5, 0.6) is 0 Å². The second-order valence-electron chi connectivity index (χ2n) is 9.42. The van der Waals surface area contributed by atoms with E-state index >= 15 is 0 Å². The molecule has 0 bridgehead atoms. The van der Waals surface area contributed by atoms with Gasteiger partial charge in [-0.2, -0.15) is 0 Å². The number of hydrogen-bond donors (Lipinski definition) is 0. The second-order valence-corrected chi connectivity index (χ2v) is 9.42. The number of nitrogens with zero attached hydrogens (tertiary/aromatic N) is 5. The van der Waals surface area contributed by atoms with E-state index in [2.05, 4.69) is 47.4 Å². The van der Waals surface area contributed by atoms with Crippen LogP contribution in [0.25, 0.3) is 67.3 Å². The second kappa shape index (κ2) is 10.3. The van der Waals surface area contributed by atoms with E-state index in [1.807, 2.05) is 91.3 Å². The molecule has 0 amide bonds. The smallest absolute Gasteiger partial charge is 0.164 e. The average Bonchev–Trinajstić information content (AvgIpc) is 3.05. The standard InChI is InChI=1S/C35H23N5/c1-3-10-24(11-4-1)33-38-34(25-12-5-2-6-13-25)40-35(39-33)31-19-18-30(28-15-7-8-16-29(28)31)32-20-17-27(23-37-32)26-14-9-21-36-22-26/h1-23H. The van der Waals surface area contributed by atoms with Gasteiger partial charge in [-0.1, -0.05) is 103 Å². The summed E-state index contributed by atoms with van der Waals surface area (Å²) in [7, 11) is 0. The van der Waals surface area contributed by atoms with Crippen molar-refractivity contribution in [2.24, 2.45) is 0 Å². The van der Waals surface area contributed by atoms with E-state index in [-0.39, 0.29) is 0 Å². The molecule has 0 aliphatic carbocycles. The Morgan fingerprint density at radius 2 is 0.925 bits per heavy atom. The minimum absolute atomic E-state index is 0.635. The predicted octanol–water partition coefficient (Wildman–Crippen LogP) is 8.15. The maximum Gasteiger partial charge on any atom is 0.164 e. The molecule has 0 aliphatic rings. The molecule has 0 spiro atoms. The molecule has 0 radical (unpaired) electrons. The molecule has 5 nitrogen and oxygen atoms in total. The van der Waals surface area contributed by atoms with Gasteiger partial charge in [-0.15, -0.1) is 0 Å². The van der Waals surface area contributed by atoms with E-state index in [0.29, 0.717) is 17.5 Å². The summed E-state index contributed by atoms with van der Waals surface area (Å²) in [5.41, 5.74) is 6.87. The zero-order valence-electron chi connectivity index (χ0n) is 21.5. The summed E-state index contributed by atoms with van der Waals surface area (Å²) in [5, 5.41) is 2.15. The van der Waals surface area contributed by atoms with Crippen LogP contribution in [0.1, 0.15) is 0 Å². The fraction of sp³-hybridized carbons (Fsp3) is 0. The first-order valence-corrected chi connectivity index (χ1v) is 13.1. The molecule has 40 heavy (non-hydrogen) atoms. The van der Waals surface area contributed by atoms with E-state index in [0.717, 1.165) is 49.8 Å². The Kier molecular flexibility index (Phi) is 6.07. The third-order valence-corrected chi connectivity index (χ3v) is 6.90. The maximum absolute atomic E-state index is 4.95. The van der Waals surface area contributed by atoms with Crippen molar-refractivity contribution >= 4 is 10.8 Å². The van der Waals surface area contributed by atoms with Crippen LogP contribution in [0, 0.1) is 0 Å². The zero-order chi connectivity index (χ0) is 26.7. The normalized spacial score (nSPS) is 11.0. The molecule has 0 atom stereocenters. The minimum Gasteiger partial charge on any atom is -0.264 e. The highest BCUT2D eigenvalue weighted by Gasteiger charge is 2.16. The summed E-state index contributed by atoms with van der Waals surface area (Å²) in [6.45, 7) is 0. The van der Waals surface area contributed by atoms with Gasteiger partial charge in [0.2, 0.25) is 0 Å². The van der Waals surface area contributed by atoms with Gasteiger partial charge in [0.1, 0.15) is 0 Å². The summed E-state index contributed by atoms with van der Waals surface area (Å²) in [5.74, 6) is 1.92. The Bertz CT molecular complexity index is 1860. The lowest BCUT2D eigenvalue weighted by molar-refractivity contribution is 1.08. The van der Waals surface area contributed by atoms with Crippen LogP contribution in [-0.2, 0) is 0 Å². The van der Waals surface area contributed by atoms with Crippen molar-refractivity contribution in [1.29, 1.82) is 0 Å². The van der Waals surface area contributed by atoms with Gasteiger partial charge in [0.15, 0.2) is 17.5 Å². The van der Waals surface area contributed by atoms with Crippen LogP contribution in [0.2, 0.25) is 0 Å². The summed E-state index contributed by atoms with van der Waals surface area (Å²) in [6, 6.07) is 40.7. The molecule has 7 rings (SSSR count). The van der Waals surface area contributed by atoms with Crippen LogP contribution in [0.4, 0.5) is 0 Å². The van der Waals surface area contributed by atoms with Crippen LogP contribution >= 0.6 is 0 Å². The van der Waals surface area contributed by atoms with Crippen molar-refractivity contribution in [3.63, 3.8) is 0 Å². The highest BCUT2D eigenvalue weighted by molar-refractivity contribution is 6.03. The maximum atomic E-state index is 4.95. The molecule has 0 unspecified atom stereocenters. The fourth-order valence-electron chi connectivity index (χ4n) is 4.90. The summed E-state index contributed by atoms with van der Waals surface area (Å²) >= 11 is 0. The lowest BCUT2D eigenvalue weighted by Gasteiger charge is -2.13. The molecular formula is C35H23N5. The monoisotopic (exact) mass is 513 g/mol. The molecule has 3 aromatic heterocycles. The highest BCUT2D eigenvalue weighted by Crippen LogP contribution is 2.35. The van der Waals surface area contributed by atoms with Crippen molar-refractivity contribution in [3.05, 3.63) is 140 Å². The first-order valence-electron chi connectivity index (χ1n) is 13.1. The van der Waals surface area contributed by atoms with Gasteiger partial charge in [-0.3, -0.25) is 9.97 Å². The number of hydrogen-bond acceptors (Lipinski definition) is 5. The Morgan fingerprint density at radius 3 is 1.52 bits per heavy atom. The molecule has 188 valence electrons. The Balaban J connectivity index is 1.37. The van der Waals surface area contributed by atoms with Crippen molar-refractivity contribution in [2.45, 2.75) is 0 Å². The minimum atomic E-state index is 0.635. The van der Waals surface area contributed by atoms with Gasteiger partial charge >= 0.3 is 0 Å². The lowest BCUT2D eigenvalue weighted by Crippen LogP contribution is -2.00. The van der Waals surface area contributed by atoms with Gasteiger partial charge in [0.25, 0.3) is 0 Å². The first kappa shape index (κ1) is 23.6. The summed E-state index contributed by atoms with van der Waals surface area (Å²) < 4.78 is 0. The van der Waals surface area contributed by atoms with Crippen LogP contribution < -0.4 is 0 Å². The van der Waals surface area contributed by atoms with Gasteiger partial charge in [-0.25, -0.2) is 15.0 Å². The quantitative estimate of drug-likeness (QED) is 0.232. The first-order chi connectivity index (χ1) is 19.8. The molecule has 4 aromatic carbocycles. The SMILES string of the molecule is c1ccc(-c2nc(-c3ccccc3)nc(-c3ccc(-c4ccc(-c5cccnc5)cn4)c4ccccc34)n2)cc1. The van der Waals surface area contributed by atoms with Gasteiger partial charge in [0, 0.05) is 52.0 Å². The van der Waals surface area contributed by atoms with Gasteiger partial charge < -0.3 is 0 Å².